The van der Waals surface area contributed by atoms with Gasteiger partial charge < -0.3 is 16.0 Å². The molecule has 0 spiro atoms. The van der Waals surface area contributed by atoms with Crippen molar-refractivity contribution in [2.24, 2.45) is 0 Å². The number of rotatable bonds is 4. The van der Waals surface area contributed by atoms with Crippen LogP contribution >= 0.6 is 11.6 Å². The lowest BCUT2D eigenvalue weighted by atomic mass is 10.2. The number of amides is 1. The van der Waals surface area contributed by atoms with Crippen molar-refractivity contribution in [3.05, 3.63) is 53.6 Å². The van der Waals surface area contributed by atoms with Gasteiger partial charge in [0, 0.05) is 18.4 Å². The van der Waals surface area contributed by atoms with Gasteiger partial charge >= 0.3 is 0 Å². The number of carbonyl (C=O) groups excluding carboxylic acids is 1. The van der Waals surface area contributed by atoms with Crippen LogP contribution in [0.5, 0.6) is 0 Å². The van der Waals surface area contributed by atoms with Crippen LogP contribution in [-0.2, 0) is 4.79 Å². The average Bonchev–Trinajstić information content (AvgIpc) is 2.42. The quantitative estimate of drug-likeness (QED) is 0.851. The summed E-state index contributed by atoms with van der Waals surface area (Å²) >= 11 is 6.00. The average molecular weight is 290 g/mol. The van der Waals surface area contributed by atoms with Crippen molar-refractivity contribution in [2.75, 3.05) is 29.5 Å². The molecule has 3 N–H and O–H groups in total. The fourth-order valence-electron chi connectivity index (χ4n) is 1.79. The topological polar surface area (TPSA) is 58.4 Å². The minimum Gasteiger partial charge on any atom is -0.399 e. The van der Waals surface area contributed by atoms with Gasteiger partial charge in [-0.3, -0.25) is 4.79 Å². The fraction of sp³-hybridized carbons (Fsp3) is 0.133. The smallest absolute Gasteiger partial charge is 0.243 e. The summed E-state index contributed by atoms with van der Waals surface area (Å²) in [6.07, 6.45) is 0. The molecule has 2 aromatic rings. The van der Waals surface area contributed by atoms with E-state index in [2.05, 4.69) is 5.32 Å². The predicted octanol–water partition coefficient (Wildman–Crippen LogP) is 3.00. The van der Waals surface area contributed by atoms with Crippen LogP contribution in [0.25, 0.3) is 0 Å². The molecule has 0 aromatic heterocycles. The Morgan fingerprint density at radius 2 is 1.85 bits per heavy atom. The van der Waals surface area contributed by atoms with Crippen molar-refractivity contribution in [3.8, 4) is 0 Å². The van der Waals surface area contributed by atoms with Gasteiger partial charge in [0.05, 0.1) is 17.3 Å². The normalized spacial score (nSPS) is 10.1. The number of nitrogen functional groups attached to an aromatic ring is 1. The molecule has 0 fully saturated rings. The predicted molar refractivity (Wildman–Crippen MR) is 84.2 cm³/mol. The highest BCUT2D eigenvalue weighted by atomic mass is 35.5. The first-order chi connectivity index (χ1) is 9.56. The van der Waals surface area contributed by atoms with Crippen LogP contribution in [0, 0.1) is 0 Å². The Labute approximate surface area is 123 Å². The lowest BCUT2D eigenvalue weighted by Gasteiger charge is -2.19. The summed E-state index contributed by atoms with van der Waals surface area (Å²) in [5, 5.41) is 3.31. The summed E-state index contributed by atoms with van der Waals surface area (Å²) < 4.78 is 0. The molecule has 2 aromatic carbocycles. The summed E-state index contributed by atoms with van der Waals surface area (Å²) in [6, 6.07) is 14.5. The molecule has 0 saturated carbocycles. The number of para-hydroxylation sites is 1. The Hall–Kier alpha value is -2.20. The minimum atomic E-state index is -0.127. The lowest BCUT2D eigenvalue weighted by Crippen LogP contribution is -2.30. The second kappa shape index (κ2) is 6.30. The van der Waals surface area contributed by atoms with E-state index >= 15 is 0 Å². The van der Waals surface area contributed by atoms with Crippen LogP contribution in [0.15, 0.2) is 48.5 Å². The number of benzene rings is 2. The Morgan fingerprint density at radius 1 is 1.20 bits per heavy atom. The fourth-order valence-corrected chi connectivity index (χ4v) is 1.97. The van der Waals surface area contributed by atoms with Gasteiger partial charge in [0.1, 0.15) is 0 Å². The van der Waals surface area contributed by atoms with Gasteiger partial charge in [-0.2, -0.15) is 0 Å². The second-order valence-corrected chi connectivity index (χ2v) is 4.88. The monoisotopic (exact) mass is 289 g/mol. The van der Waals surface area contributed by atoms with Crippen molar-refractivity contribution in [3.63, 3.8) is 0 Å². The molecule has 1 amide bonds. The summed E-state index contributed by atoms with van der Waals surface area (Å²) in [6.45, 7) is 0.231. The summed E-state index contributed by atoms with van der Waals surface area (Å²) in [7, 11) is 1.84. The number of anilines is 3. The van der Waals surface area contributed by atoms with Crippen LogP contribution in [0.2, 0.25) is 5.02 Å². The summed E-state index contributed by atoms with van der Waals surface area (Å²) in [5.41, 5.74) is 7.87. The Bertz CT molecular complexity index is 598. The third-order valence-electron chi connectivity index (χ3n) is 2.86. The minimum absolute atomic E-state index is 0.127. The molecular formula is C15H16ClN3O. The van der Waals surface area contributed by atoms with Gasteiger partial charge in [-0.05, 0) is 36.4 Å². The third kappa shape index (κ3) is 3.65. The van der Waals surface area contributed by atoms with Gasteiger partial charge in [-0.15, -0.1) is 0 Å². The maximum absolute atomic E-state index is 12.0. The molecule has 0 radical (unpaired) electrons. The molecule has 0 atom stereocenters. The molecule has 0 aliphatic carbocycles. The molecule has 2 rings (SSSR count). The van der Waals surface area contributed by atoms with E-state index < -0.39 is 0 Å². The third-order valence-corrected chi connectivity index (χ3v) is 3.19. The van der Waals surface area contributed by atoms with E-state index in [4.69, 9.17) is 17.3 Å². The van der Waals surface area contributed by atoms with Crippen LogP contribution in [-0.4, -0.2) is 19.5 Å². The summed E-state index contributed by atoms with van der Waals surface area (Å²) in [5.74, 6) is -0.127. The molecule has 0 bridgehead atoms. The van der Waals surface area contributed by atoms with Gasteiger partial charge in [-0.25, -0.2) is 0 Å². The molecule has 20 heavy (non-hydrogen) atoms. The molecule has 0 heterocycles. The van der Waals surface area contributed by atoms with Gasteiger partial charge in [0.25, 0.3) is 0 Å². The highest BCUT2D eigenvalue weighted by Crippen LogP contribution is 2.20. The second-order valence-electron chi connectivity index (χ2n) is 4.48. The number of nitrogens with one attached hydrogen (secondary N) is 1. The lowest BCUT2D eigenvalue weighted by molar-refractivity contribution is -0.114. The zero-order valence-corrected chi connectivity index (χ0v) is 11.9. The zero-order chi connectivity index (χ0) is 14.5. The van der Waals surface area contributed by atoms with E-state index in [1.54, 1.807) is 24.3 Å². The largest absolute Gasteiger partial charge is 0.399 e. The Balaban J connectivity index is 1.98. The molecular weight excluding hydrogens is 274 g/mol. The Kier molecular flexibility index (Phi) is 4.48. The number of nitrogens with two attached hydrogens (primary N) is 1. The van der Waals surface area contributed by atoms with Crippen LogP contribution in [0.4, 0.5) is 17.1 Å². The molecule has 0 aliphatic rings. The number of nitrogens with zero attached hydrogens (tertiary/aromatic N) is 1. The first kappa shape index (κ1) is 14.2. The Morgan fingerprint density at radius 3 is 2.50 bits per heavy atom. The highest BCUT2D eigenvalue weighted by molar-refractivity contribution is 6.33. The number of carbonyl (C=O) groups is 1. The van der Waals surface area contributed by atoms with Crippen LogP contribution in [0.3, 0.4) is 0 Å². The number of hydrogen-bond acceptors (Lipinski definition) is 3. The van der Waals surface area contributed by atoms with Crippen molar-refractivity contribution in [1.29, 1.82) is 0 Å². The van der Waals surface area contributed by atoms with E-state index in [1.165, 1.54) is 0 Å². The number of hydrogen-bond donors (Lipinski definition) is 2. The van der Waals surface area contributed by atoms with Gasteiger partial charge in [-0.1, -0.05) is 23.7 Å². The van der Waals surface area contributed by atoms with Crippen molar-refractivity contribution >= 4 is 34.6 Å². The molecule has 0 saturated heterocycles. The molecule has 0 unspecified atom stereocenters. The first-order valence-corrected chi connectivity index (χ1v) is 6.55. The van der Waals surface area contributed by atoms with E-state index in [1.807, 2.05) is 36.2 Å². The standard InChI is InChI=1S/C15H16ClN3O/c1-19(12-8-6-11(17)7-9-12)10-15(20)18-14-5-3-2-4-13(14)16/h2-9H,10,17H2,1H3,(H,18,20). The summed E-state index contributed by atoms with van der Waals surface area (Å²) in [4.78, 5) is 13.8. The molecule has 5 heteroatoms. The maximum Gasteiger partial charge on any atom is 0.243 e. The first-order valence-electron chi connectivity index (χ1n) is 6.17. The van der Waals surface area contributed by atoms with Crippen LogP contribution < -0.4 is 16.0 Å². The van der Waals surface area contributed by atoms with Gasteiger partial charge in [0.2, 0.25) is 5.91 Å². The van der Waals surface area contributed by atoms with Crippen molar-refractivity contribution in [2.45, 2.75) is 0 Å². The maximum atomic E-state index is 12.0. The SMILES string of the molecule is CN(CC(=O)Nc1ccccc1Cl)c1ccc(N)cc1. The molecule has 0 aliphatic heterocycles. The van der Waals surface area contributed by atoms with Crippen molar-refractivity contribution < 1.29 is 4.79 Å². The highest BCUT2D eigenvalue weighted by Gasteiger charge is 2.09. The van der Waals surface area contributed by atoms with Gasteiger partial charge in [0.15, 0.2) is 0 Å². The van der Waals surface area contributed by atoms with E-state index in [-0.39, 0.29) is 12.5 Å². The van der Waals surface area contributed by atoms with Crippen LogP contribution in [0.1, 0.15) is 0 Å². The molecule has 4 nitrogen and oxygen atoms in total. The van der Waals surface area contributed by atoms with E-state index in [9.17, 15) is 4.79 Å². The number of likely N-dealkylation sites (N-methyl/N-ethyl adjacent to an activating group) is 1. The zero-order valence-electron chi connectivity index (χ0n) is 11.1. The van der Waals surface area contributed by atoms with E-state index in [0.717, 1.165) is 5.69 Å². The molecule has 104 valence electrons. The van der Waals surface area contributed by atoms with Crippen molar-refractivity contribution in [1.82, 2.24) is 0 Å². The van der Waals surface area contributed by atoms with E-state index in [0.29, 0.717) is 16.4 Å². The number of halogens is 1.